The summed E-state index contributed by atoms with van der Waals surface area (Å²) in [5, 5.41) is 14.8. The van der Waals surface area contributed by atoms with Crippen LogP contribution in [0.3, 0.4) is 0 Å². The molecule has 0 unspecified atom stereocenters. The van der Waals surface area contributed by atoms with E-state index >= 15 is 0 Å². The van der Waals surface area contributed by atoms with Gasteiger partial charge < -0.3 is 10.6 Å². The lowest BCUT2D eigenvalue weighted by Gasteiger charge is -2.05. The van der Waals surface area contributed by atoms with Crippen LogP contribution in [0.5, 0.6) is 0 Å². The molecule has 0 aliphatic heterocycles. The molecule has 2 aromatic carbocycles. The zero-order valence-electron chi connectivity index (χ0n) is 13.6. The highest BCUT2D eigenvalue weighted by Crippen LogP contribution is 2.28. The van der Waals surface area contributed by atoms with Crippen molar-refractivity contribution in [3.8, 4) is 0 Å². The predicted octanol–water partition coefficient (Wildman–Crippen LogP) is 5.11. The van der Waals surface area contributed by atoms with Gasteiger partial charge in [-0.15, -0.1) is 10.2 Å². The minimum Gasteiger partial charge on any atom is -0.330 e. The third-order valence-electron chi connectivity index (χ3n) is 3.21. The number of carbonyl (C=O) groups excluding carboxylic acids is 1. The van der Waals surface area contributed by atoms with Crippen molar-refractivity contribution in [1.82, 2.24) is 10.2 Å². The Kier molecular flexibility index (Phi) is 6.08. The molecular formula is C17H14ClFN4OS2. The van der Waals surface area contributed by atoms with Gasteiger partial charge in [0.25, 0.3) is 0 Å². The molecule has 2 N–H and O–H groups in total. The van der Waals surface area contributed by atoms with Gasteiger partial charge in [-0.3, -0.25) is 4.79 Å². The summed E-state index contributed by atoms with van der Waals surface area (Å²) in [6, 6.07) is 11.9. The van der Waals surface area contributed by atoms with Crippen molar-refractivity contribution in [3.05, 3.63) is 58.9 Å². The van der Waals surface area contributed by atoms with Gasteiger partial charge in [0.05, 0.1) is 11.4 Å². The van der Waals surface area contributed by atoms with Crippen LogP contribution in [0.1, 0.15) is 5.56 Å². The Labute approximate surface area is 163 Å². The fourth-order valence-corrected chi connectivity index (χ4v) is 3.82. The minimum atomic E-state index is -0.534. The number of aryl methyl sites for hydroxylation is 1. The van der Waals surface area contributed by atoms with E-state index in [-0.39, 0.29) is 17.3 Å². The Bertz CT molecular complexity index is 935. The van der Waals surface area contributed by atoms with Crippen LogP contribution in [-0.2, 0) is 4.79 Å². The summed E-state index contributed by atoms with van der Waals surface area (Å²) in [6.45, 7) is 2.01. The number of hydrogen-bond donors (Lipinski definition) is 2. The van der Waals surface area contributed by atoms with Crippen molar-refractivity contribution in [2.75, 3.05) is 16.4 Å². The molecule has 0 aliphatic carbocycles. The molecule has 5 nitrogen and oxygen atoms in total. The molecule has 26 heavy (non-hydrogen) atoms. The fraction of sp³-hybridized carbons (Fsp3) is 0.118. The van der Waals surface area contributed by atoms with Crippen molar-refractivity contribution in [2.45, 2.75) is 11.3 Å². The van der Waals surface area contributed by atoms with Crippen molar-refractivity contribution < 1.29 is 9.18 Å². The molecule has 0 fully saturated rings. The lowest BCUT2D eigenvalue weighted by Crippen LogP contribution is -2.15. The van der Waals surface area contributed by atoms with Crippen molar-refractivity contribution in [1.29, 1.82) is 0 Å². The van der Waals surface area contributed by atoms with Crippen molar-refractivity contribution >= 4 is 57.1 Å². The number of rotatable bonds is 6. The summed E-state index contributed by atoms with van der Waals surface area (Å²) in [4.78, 5) is 12.0. The number of halogens is 2. The molecule has 0 saturated heterocycles. The van der Waals surface area contributed by atoms with Gasteiger partial charge >= 0.3 is 0 Å². The SMILES string of the molecule is Cc1cccc(Nc2nnc(SCC(=O)Nc3cc(Cl)ccc3F)s2)c1. The highest BCUT2D eigenvalue weighted by Gasteiger charge is 2.11. The molecule has 3 aromatic rings. The maximum absolute atomic E-state index is 13.6. The molecule has 9 heteroatoms. The van der Waals surface area contributed by atoms with E-state index in [0.29, 0.717) is 14.5 Å². The first-order chi connectivity index (χ1) is 12.5. The van der Waals surface area contributed by atoms with Gasteiger partial charge in [0.1, 0.15) is 5.82 Å². The molecule has 0 radical (unpaired) electrons. The number of benzene rings is 2. The molecule has 1 amide bonds. The number of hydrogen-bond acceptors (Lipinski definition) is 6. The van der Waals surface area contributed by atoms with Crippen LogP contribution in [0.25, 0.3) is 0 Å². The number of amides is 1. The van der Waals surface area contributed by atoms with E-state index in [1.807, 2.05) is 31.2 Å². The normalized spacial score (nSPS) is 10.6. The number of nitrogens with one attached hydrogen (secondary N) is 2. The van der Waals surface area contributed by atoms with E-state index in [1.165, 1.54) is 41.3 Å². The molecule has 0 spiro atoms. The summed E-state index contributed by atoms with van der Waals surface area (Å²) in [7, 11) is 0. The monoisotopic (exact) mass is 408 g/mol. The van der Waals surface area contributed by atoms with Gasteiger partial charge in [-0.2, -0.15) is 0 Å². The standard InChI is InChI=1S/C17H14ClFN4OS2/c1-10-3-2-4-12(7-10)20-16-22-23-17(26-16)25-9-15(24)21-14-8-11(18)5-6-13(14)19/h2-8H,9H2,1H3,(H,20,22)(H,21,24). The maximum atomic E-state index is 13.6. The van der Waals surface area contributed by atoms with Gasteiger partial charge in [0.2, 0.25) is 11.0 Å². The highest BCUT2D eigenvalue weighted by molar-refractivity contribution is 8.01. The van der Waals surface area contributed by atoms with E-state index in [4.69, 9.17) is 11.6 Å². The maximum Gasteiger partial charge on any atom is 0.234 e. The second-order valence-corrected chi connectivity index (χ2v) is 7.97. The molecule has 134 valence electrons. The first-order valence-electron chi connectivity index (χ1n) is 7.54. The Morgan fingerprint density at radius 2 is 2.12 bits per heavy atom. The van der Waals surface area contributed by atoms with E-state index in [0.717, 1.165) is 11.3 Å². The van der Waals surface area contributed by atoms with E-state index in [9.17, 15) is 9.18 Å². The Morgan fingerprint density at radius 1 is 1.27 bits per heavy atom. The van der Waals surface area contributed by atoms with E-state index in [1.54, 1.807) is 0 Å². The molecule has 1 aromatic heterocycles. The number of carbonyl (C=O) groups is 1. The number of thioether (sulfide) groups is 1. The first-order valence-corrected chi connectivity index (χ1v) is 9.72. The van der Waals surface area contributed by atoms with Crippen LogP contribution in [0.15, 0.2) is 46.8 Å². The third kappa shape index (κ3) is 5.17. The van der Waals surface area contributed by atoms with Gasteiger partial charge in [-0.25, -0.2) is 4.39 Å². The van der Waals surface area contributed by atoms with Gasteiger partial charge in [-0.05, 0) is 42.8 Å². The fourth-order valence-electron chi connectivity index (χ4n) is 2.07. The van der Waals surface area contributed by atoms with Gasteiger partial charge in [-0.1, -0.05) is 46.8 Å². The van der Waals surface area contributed by atoms with Gasteiger partial charge in [0, 0.05) is 10.7 Å². The summed E-state index contributed by atoms with van der Waals surface area (Å²) in [5.41, 5.74) is 2.12. The summed E-state index contributed by atoms with van der Waals surface area (Å²) in [6.07, 6.45) is 0. The molecule has 1 heterocycles. The number of aromatic nitrogens is 2. The average Bonchev–Trinajstić information content (AvgIpc) is 3.04. The average molecular weight is 409 g/mol. The van der Waals surface area contributed by atoms with Crippen LogP contribution in [-0.4, -0.2) is 21.9 Å². The molecule has 0 saturated carbocycles. The lowest BCUT2D eigenvalue weighted by atomic mass is 10.2. The molecule has 0 atom stereocenters. The zero-order chi connectivity index (χ0) is 18.5. The molecule has 0 bridgehead atoms. The van der Waals surface area contributed by atoms with Crippen LogP contribution < -0.4 is 10.6 Å². The lowest BCUT2D eigenvalue weighted by molar-refractivity contribution is -0.113. The number of anilines is 3. The first kappa shape index (κ1) is 18.6. The van der Waals surface area contributed by atoms with Crippen LogP contribution >= 0.6 is 34.7 Å². The summed E-state index contributed by atoms with van der Waals surface area (Å²) < 4.78 is 14.3. The largest absolute Gasteiger partial charge is 0.330 e. The van der Waals surface area contributed by atoms with Crippen LogP contribution in [0.2, 0.25) is 5.02 Å². The summed E-state index contributed by atoms with van der Waals surface area (Å²) >= 11 is 8.38. The quantitative estimate of drug-likeness (QED) is 0.554. The topological polar surface area (TPSA) is 66.9 Å². The molecule has 3 rings (SSSR count). The second kappa shape index (κ2) is 8.48. The Morgan fingerprint density at radius 3 is 2.92 bits per heavy atom. The minimum absolute atomic E-state index is 0.0576. The van der Waals surface area contributed by atoms with E-state index in [2.05, 4.69) is 20.8 Å². The van der Waals surface area contributed by atoms with Crippen LogP contribution in [0, 0.1) is 12.7 Å². The highest BCUT2D eigenvalue weighted by atomic mass is 35.5. The Hall–Kier alpha value is -2.16. The third-order valence-corrected chi connectivity index (χ3v) is 5.41. The zero-order valence-corrected chi connectivity index (χ0v) is 16.0. The van der Waals surface area contributed by atoms with Crippen molar-refractivity contribution in [3.63, 3.8) is 0 Å². The number of nitrogens with zero attached hydrogens (tertiary/aromatic N) is 2. The molecular weight excluding hydrogens is 395 g/mol. The Balaban J connectivity index is 1.54. The van der Waals surface area contributed by atoms with E-state index < -0.39 is 5.82 Å². The smallest absolute Gasteiger partial charge is 0.234 e. The van der Waals surface area contributed by atoms with Crippen molar-refractivity contribution in [2.24, 2.45) is 0 Å². The molecule has 0 aliphatic rings. The second-order valence-electron chi connectivity index (χ2n) is 5.33. The van der Waals surface area contributed by atoms with Gasteiger partial charge in [0.15, 0.2) is 4.34 Å². The predicted molar refractivity (Wildman–Crippen MR) is 105 cm³/mol. The van der Waals surface area contributed by atoms with Crippen LogP contribution in [0.4, 0.5) is 20.9 Å². The summed E-state index contributed by atoms with van der Waals surface area (Å²) in [5.74, 6) is -0.793.